The molecule has 0 aromatic carbocycles. The van der Waals surface area contributed by atoms with Crippen molar-refractivity contribution in [1.82, 2.24) is 10.2 Å². The zero-order valence-electron chi connectivity index (χ0n) is 11.6. The number of amides is 2. The maximum Gasteiger partial charge on any atom is 0.317 e. The monoisotopic (exact) mass is 362 g/mol. The Morgan fingerprint density at radius 1 is 1.55 bits per heavy atom. The molecule has 2 amide bonds. The number of nitrogens with zero attached hydrogens (tertiary/aromatic N) is 1. The van der Waals surface area contributed by atoms with Crippen LogP contribution in [0.2, 0.25) is 0 Å². The Hall–Kier alpha value is -1.08. The molecule has 0 saturated heterocycles. The van der Waals surface area contributed by atoms with Gasteiger partial charge in [-0.3, -0.25) is 4.79 Å². The van der Waals surface area contributed by atoms with Gasteiger partial charge >= 0.3 is 12.0 Å². The van der Waals surface area contributed by atoms with E-state index in [4.69, 9.17) is 5.11 Å². The Bertz CT molecular complexity index is 464. The van der Waals surface area contributed by atoms with E-state index in [0.29, 0.717) is 19.4 Å². The fraction of sp³-hybridized carbons (Fsp3) is 0.538. The van der Waals surface area contributed by atoms with Crippen LogP contribution in [0.25, 0.3) is 0 Å². The molecule has 0 aliphatic heterocycles. The molecule has 1 atom stereocenters. The molecule has 0 fully saturated rings. The van der Waals surface area contributed by atoms with E-state index in [1.165, 1.54) is 0 Å². The van der Waals surface area contributed by atoms with E-state index in [1.54, 1.807) is 23.3 Å². The van der Waals surface area contributed by atoms with Crippen LogP contribution in [0.15, 0.2) is 15.2 Å². The number of halogens is 1. The van der Waals surface area contributed by atoms with Crippen LogP contribution < -0.4 is 5.32 Å². The molecule has 2 N–H and O–H groups in total. The summed E-state index contributed by atoms with van der Waals surface area (Å²) in [4.78, 5) is 24.0. The Kier molecular flexibility index (Phi) is 7.01. The number of rotatable bonds is 7. The number of thiophene rings is 1. The van der Waals surface area contributed by atoms with Gasteiger partial charge in [-0.15, -0.1) is 11.3 Å². The Balaban J connectivity index is 2.31. The average Bonchev–Trinajstić information content (AvgIpc) is 2.74. The lowest BCUT2D eigenvalue weighted by atomic mass is 10.1. The van der Waals surface area contributed by atoms with Crippen LogP contribution in [0.1, 0.15) is 31.7 Å². The Labute approximate surface area is 131 Å². The van der Waals surface area contributed by atoms with Gasteiger partial charge in [-0.25, -0.2) is 4.79 Å². The molecule has 7 heteroatoms. The molecule has 0 aliphatic carbocycles. The molecule has 1 unspecified atom stereocenters. The van der Waals surface area contributed by atoms with Crippen LogP contribution >= 0.6 is 27.3 Å². The van der Waals surface area contributed by atoms with Gasteiger partial charge < -0.3 is 15.3 Å². The number of hydrogen-bond donors (Lipinski definition) is 2. The third-order valence-corrected chi connectivity index (χ3v) is 4.34. The number of hydrogen-bond acceptors (Lipinski definition) is 3. The summed E-state index contributed by atoms with van der Waals surface area (Å²) in [5.41, 5.74) is 1.08. The number of carboxylic acid groups (broad SMARTS) is 1. The van der Waals surface area contributed by atoms with Crippen molar-refractivity contribution in [1.29, 1.82) is 0 Å². The maximum atomic E-state index is 12.0. The van der Waals surface area contributed by atoms with E-state index in [0.717, 1.165) is 9.35 Å². The highest BCUT2D eigenvalue weighted by Gasteiger charge is 2.13. The number of aliphatic carboxylic acids is 1. The van der Waals surface area contributed by atoms with Crippen LogP contribution in [0.5, 0.6) is 0 Å². The van der Waals surface area contributed by atoms with Crippen LogP contribution in [-0.2, 0) is 11.3 Å². The second-order valence-corrected chi connectivity index (χ2v) is 7.04. The van der Waals surface area contributed by atoms with Gasteiger partial charge in [0.25, 0.3) is 0 Å². The van der Waals surface area contributed by atoms with Crippen molar-refractivity contribution in [3.8, 4) is 0 Å². The molecule has 0 spiro atoms. The fourth-order valence-corrected chi connectivity index (χ4v) is 2.93. The lowest BCUT2D eigenvalue weighted by Gasteiger charge is -2.21. The maximum absolute atomic E-state index is 12.0. The van der Waals surface area contributed by atoms with Gasteiger partial charge in [-0.05, 0) is 52.7 Å². The van der Waals surface area contributed by atoms with E-state index in [2.05, 4.69) is 21.2 Å². The summed E-state index contributed by atoms with van der Waals surface area (Å²) in [7, 11) is 1.74. The van der Waals surface area contributed by atoms with Crippen molar-refractivity contribution in [3.05, 3.63) is 20.8 Å². The first-order valence-corrected chi connectivity index (χ1v) is 8.02. The molecule has 0 bridgehead atoms. The molecule has 1 heterocycles. The van der Waals surface area contributed by atoms with Gasteiger partial charge in [0.1, 0.15) is 0 Å². The summed E-state index contributed by atoms with van der Waals surface area (Å²) in [6.45, 7) is 2.44. The van der Waals surface area contributed by atoms with Crippen LogP contribution in [0.3, 0.4) is 0 Å². The smallest absolute Gasteiger partial charge is 0.317 e. The SMILES string of the molecule is CC(CCCC(=O)O)NC(=O)N(C)Cc1csc(Br)c1. The molecule has 1 rings (SSSR count). The summed E-state index contributed by atoms with van der Waals surface area (Å²) < 4.78 is 1.04. The topological polar surface area (TPSA) is 69.6 Å². The van der Waals surface area contributed by atoms with Crippen molar-refractivity contribution in [2.75, 3.05) is 7.05 Å². The first kappa shape index (κ1) is 17.0. The fourth-order valence-electron chi connectivity index (χ4n) is 1.73. The van der Waals surface area contributed by atoms with Gasteiger partial charge in [-0.1, -0.05) is 0 Å². The minimum Gasteiger partial charge on any atom is -0.481 e. The number of nitrogens with one attached hydrogen (secondary N) is 1. The molecular weight excluding hydrogens is 344 g/mol. The first-order chi connectivity index (χ1) is 9.38. The van der Waals surface area contributed by atoms with Gasteiger partial charge in [0.2, 0.25) is 0 Å². The largest absolute Gasteiger partial charge is 0.481 e. The van der Waals surface area contributed by atoms with Gasteiger partial charge in [0.05, 0.1) is 3.79 Å². The minimum absolute atomic E-state index is 0.0292. The number of carbonyl (C=O) groups is 2. The average molecular weight is 363 g/mol. The molecule has 0 aliphatic rings. The van der Waals surface area contributed by atoms with Crippen molar-refractivity contribution >= 4 is 39.3 Å². The molecule has 0 radical (unpaired) electrons. The molecule has 1 aromatic heterocycles. The highest BCUT2D eigenvalue weighted by Crippen LogP contribution is 2.21. The Morgan fingerprint density at radius 3 is 2.80 bits per heavy atom. The number of carboxylic acids is 1. The van der Waals surface area contributed by atoms with Crippen molar-refractivity contribution in [3.63, 3.8) is 0 Å². The second-order valence-electron chi connectivity index (χ2n) is 4.75. The summed E-state index contributed by atoms with van der Waals surface area (Å²) in [6, 6.07) is 1.82. The predicted octanol–water partition coefficient (Wildman–Crippen LogP) is 3.30. The second kappa shape index (κ2) is 8.26. The lowest BCUT2D eigenvalue weighted by Crippen LogP contribution is -2.41. The summed E-state index contributed by atoms with van der Waals surface area (Å²) >= 11 is 4.98. The summed E-state index contributed by atoms with van der Waals surface area (Å²) in [5.74, 6) is -0.802. The standard InChI is InChI=1S/C13H19BrN2O3S/c1-9(4-3-5-12(17)18)15-13(19)16(2)7-10-6-11(14)20-8-10/h6,8-9H,3-5,7H2,1-2H3,(H,15,19)(H,17,18). The normalized spacial score (nSPS) is 11.9. The van der Waals surface area contributed by atoms with Crippen LogP contribution in [0, 0.1) is 0 Å². The van der Waals surface area contributed by atoms with Crippen LogP contribution in [0.4, 0.5) is 4.79 Å². The highest BCUT2D eigenvalue weighted by atomic mass is 79.9. The Morgan fingerprint density at radius 2 is 2.25 bits per heavy atom. The van der Waals surface area contributed by atoms with E-state index >= 15 is 0 Å². The van der Waals surface area contributed by atoms with Crippen molar-refractivity contribution < 1.29 is 14.7 Å². The summed E-state index contributed by atoms with van der Waals surface area (Å²) in [6.07, 6.45) is 1.37. The van der Waals surface area contributed by atoms with Gasteiger partial charge in [0, 0.05) is 26.1 Å². The first-order valence-electron chi connectivity index (χ1n) is 6.35. The van der Waals surface area contributed by atoms with E-state index in [9.17, 15) is 9.59 Å². The highest BCUT2D eigenvalue weighted by molar-refractivity contribution is 9.11. The predicted molar refractivity (Wildman–Crippen MR) is 83.0 cm³/mol. The third kappa shape index (κ3) is 6.38. The quantitative estimate of drug-likeness (QED) is 0.781. The molecule has 112 valence electrons. The third-order valence-electron chi connectivity index (χ3n) is 2.79. The molecule has 20 heavy (non-hydrogen) atoms. The lowest BCUT2D eigenvalue weighted by molar-refractivity contribution is -0.137. The molecule has 5 nitrogen and oxygen atoms in total. The zero-order chi connectivity index (χ0) is 15.1. The van der Waals surface area contributed by atoms with E-state index in [1.807, 2.05) is 18.4 Å². The molecule has 0 saturated carbocycles. The van der Waals surface area contributed by atoms with Gasteiger partial charge in [-0.2, -0.15) is 0 Å². The van der Waals surface area contributed by atoms with E-state index in [-0.39, 0.29) is 18.5 Å². The van der Waals surface area contributed by atoms with Gasteiger partial charge in [0.15, 0.2) is 0 Å². The van der Waals surface area contributed by atoms with Crippen LogP contribution in [-0.4, -0.2) is 35.1 Å². The number of urea groups is 1. The zero-order valence-corrected chi connectivity index (χ0v) is 14.0. The number of carbonyl (C=O) groups excluding carboxylic acids is 1. The van der Waals surface area contributed by atoms with E-state index < -0.39 is 5.97 Å². The summed E-state index contributed by atoms with van der Waals surface area (Å²) in [5, 5.41) is 13.4. The minimum atomic E-state index is -0.802. The molecular formula is C13H19BrN2O3S. The molecule has 1 aromatic rings. The van der Waals surface area contributed by atoms with Crippen molar-refractivity contribution in [2.24, 2.45) is 0 Å². The van der Waals surface area contributed by atoms with Crippen molar-refractivity contribution in [2.45, 2.75) is 38.8 Å².